The van der Waals surface area contributed by atoms with E-state index >= 15 is 0 Å². The van der Waals surface area contributed by atoms with E-state index in [0.29, 0.717) is 5.56 Å². The Balaban J connectivity index is 3.24. The molecule has 0 saturated carbocycles. The smallest absolute Gasteiger partial charge is 0.273 e. The first kappa shape index (κ1) is 11.6. The van der Waals surface area contributed by atoms with Crippen molar-refractivity contribution in [1.29, 1.82) is 0 Å². The van der Waals surface area contributed by atoms with Gasteiger partial charge < -0.3 is 0 Å². The summed E-state index contributed by atoms with van der Waals surface area (Å²) in [7, 11) is -4.25. The molecular weight excluding hydrogens is 222 g/mol. The van der Waals surface area contributed by atoms with Crippen LogP contribution in [0.2, 0.25) is 0 Å². The van der Waals surface area contributed by atoms with Crippen LogP contribution in [-0.4, -0.2) is 17.9 Å². The fourth-order valence-electron chi connectivity index (χ4n) is 1.16. The molecule has 0 radical (unpaired) electrons. The number of rotatable bonds is 3. The summed E-state index contributed by atoms with van der Waals surface area (Å²) in [6.07, 6.45) is 0. The third-order valence-electron chi connectivity index (χ3n) is 1.78. The lowest BCUT2D eigenvalue weighted by atomic mass is 10.1. The maximum absolute atomic E-state index is 10.6. The van der Waals surface area contributed by atoms with Gasteiger partial charge in [0.1, 0.15) is 5.75 Å². The molecule has 1 aromatic carbocycles. The molecule has 0 unspecified atom stereocenters. The summed E-state index contributed by atoms with van der Waals surface area (Å²) in [5.74, 6) is -0.746. The number of hydrogen-bond acceptors (Lipinski definition) is 4. The Morgan fingerprint density at radius 3 is 2.53 bits per heavy atom. The molecule has 1 rings (SSSR count). The summed E-state index contributed by atoms with van der Waals surface area (Å²) in [5, 5.41) is 10.6. The van der Waals surface area contributed by atoms with E-state index in [-0.39, 0.29) is 11.3 Å². The van der Waals surface area contributed by atoms with Crippen LogP contribution in [0.5, 0.6) is 0 Å². The molecule has 6 nitrogen and oxygen atoms in total. The van der Waals surface area contributed by atoms with Crippen LogP contribution in [0.4, 0.5) is 5.69 Å². The Morgan fingerprint density at radius 1 is 1.47 bits per heavy atom. The lowest BCUT2D eigenvalue weighted by molar-refractivity contribution is -0.385. The van der Waals surface area contributed by atoms with Crippen LogP contribution >= 0.6 is 0 Å². The van der Waals surface area contributed by atoms with Crippen LogP contribution in [0.25, 0.3) is 0 Å². The largest absolute Gasteiger partial charge is 0.285 e. The minimum absolute atomic E-state index is 0.0203. The topological polar surface area (TPSA) is 97.5 Å². The van der Waals surface area contributed by atoms with Crippen LogP contribution in [0, 0.1) is 17.0 Å². The van der Waals surface area contributed by atoms with E-state index in [4.69, 9.17) is 4.55 Å². The third-order valence-corrected chi connectivity index (χ3v) is 2.45. The molecule has 0 atom stereocenters. The van der Waals surface area contributed by atoms with Gasteiger partial charge in [-0.05, 0) is 12.5 Å². The normalized spacial score (nSPS) is 11.3. The maximum atomic E-state index is 10.6. The number of nitro groups is 1. The van der Waals surface area contributed by atoms with Crippen molar-refractivity contribution in [2.45, 2.75) is 12.7 Å². The summed E-state index contributed by atoms with van der Waals surface area (Å²) < 4.78 is 29.8. The average molecular weight is 231 g/mol. The first-order chi connectivity index (χ1) is 6.79. The van der Waals surface area contributed by atoms with E-state index in [2.05, 4.69) is 0 Å². The van der Waals surface area contributed by atoms with Gasteiger partial charge >= 0.3 is 0 Å². The molecule has 0 bridgehead atoms. The second-order valence-electron chi connectivity index (χ2n) is 3.12. The predicted molar refractivity (Wildman–Crippen MR) is 53.1 cm³/mol. The first-order valence-electron chi connectivity index (χ1n) is 3.98. The van der Waals surface area contributed by atoms with Crippen molar-refractivity contribution in [2.75, 3.05) is 0 Å². The summed E-state index contributed by atoms with van der Waals surface area (Å²) in [6, 6.07) is 4.13. The molecule has 1 N–H and O–H groups in total. The van der Waals surface area contributed by atoms with Gasteiger partial charge in [0.15, 0.2) is 0 Å². The highest BCUT2D eigenvalue weighted by molar-refractivity contribution is 7.85. The van der Waals surface area contributed by atoms with Gasteiger partial charge in [-0.25, -0.2) is 0 Å². The quantitative estimate of drug-likeness (QED) is 0.480. The van der Waals surface area contributed by atoms with Crippen LogP contribution in [-0.2, 0) is 15.9 Å². The summed E-state index contributed by atoms with van der Waals surface area (Å²) in [4.78, 5) is 9.92. The number of nitrogens with zero attached hydrogens (tertiary/aromatic N) is 1. The summed E-state index contributed by atoms with van der Waals surface area (Å²) >= 11 is 0. The van der Waals surface area contributed by atoms with Gasteiger partial charge in [0.05, 0.1) is 4.92 Å². The van der Waals surface area contributed by atoms with Crippen molar-refractivity contribution in [2.24, 2.45) is 0 Å². The van der Waals surface area contributed by atoms with Gasteiger partial charge in [0.2, 0.25) is 0 Å². The highest BCUT2D eigenvalue weighted by Gasteiger charge is 2.18. The Bertz CT molecular complexity index is 494. The number of hydrogen-bond donors (Lipinski definition) is 1. The fraction of sp³-hybridized carbons (Fsp3) is 0.250. The Hall–Kier alpha value is -1.47. The minimum Gasteiger partial charge on any atom is -0.285 e. The zero-order valence-electron chi connectivity index (χ0n) is 7.87. The van der Waals surface area contributed by atoms with Crippen molar-refractivity contribution >= 4 is 15.8 Å². The first-order valence-corrected chi connectivity index (χ1v) is 5.59. The van der Waals surface area contributed by atoms with E-state index in [1.807, 2.05) is 0 Å². The zero-order valence-corrected chi connectivity index (χ0v) is 8.69. The monoisotopic (exact) mass is 231 g/mol. The molecule has 0 aliphatic heterocycles. The van der Waals surface area contributed by atoms with Gasteiger partial charge in [-0.15, -0.1) is 0 Å². The molecule has 0 heterocycles. The number of aryl methyl sites for hydroxylation is 1. The molecule has 1 aromatic rings. The van der Waals surface area contributed by atoms with E-state index in [0.717, 1.165) is 0 Å². The minimum atomic E-state index is -4.25. The highest BCUT2D eigenvalue weighted by atomic mass is 32.2. The van der Waals surface area contributed by atoms with Gasteiger partial charge in [-0.2, -0.15) is 8.42 Å². The van der Waals surface area contributed by atoms with Gasteiger partial charge in [-0.3, -0.25) is 14.7 Å². The van der Waals surface area contributed by atoms with Crippen LogP contribution in [0.1, 0.15) is 11.1 Å². The Morgan fingerprint density at radius 2 is 2.07 bits per heavy atom. The second kappa shape index (κ2) is 3.95. The molecule has 0 fully saturated rings. The highest BCUT2D eigenvalue weighted by Crippen LogP contribution is 2.21. The molecule has 7 heteroatoms. The average Bonchev–Trinajstić information content (AvgIpc) is 2.05. The number of nitro benzene ring substituents is 1. The van der Waals surface area contributed by atoms with Crippen LogP contribution in [0.15, 0.2) is 18.2 Å². The lowest BCUT2D eigenvalue weighted by Gasteiger charge is -2.01. The fourth-order valence-corrected chi connectivity index (χ4v) is 1.80. The SMILES string of the molecule is Cc1ccc(CS(=O)(=O)O)c([N+](=O)[O-])c1. The van der Waals surface area contributed by atoms with Gasteiger partial charge in [-0.1, -0.05) is 12.1 Å². The molecule has 0 aromatic heterocycles. The lowest BCUT2D eigenvalue weighted by Crippen LogP contribution is -2.04. The predicted octanol–water partition coefficient (Wildman–Crippen LogP) is 1.29. The van der Waals surface area contributed by atoms with E-state index in [1.54, 1.807) is 13.0 Å². The van der Waals surface area contributed by atoms with Gasteiger partial charge in [0.25, 0.3) is 15.8 Å². The molecule has 0 saturated heterocycles. The molecule has 15 heavy (non-hydrogen) atoms. The molecule has 82 valence electrons. The summed E-state index contributed by atoms with van der Waals surface area (Å²) in [5.41, 5.74) is 0.335. The van der Waals surface area contributed by atoms with Crippen LogP contribution < -0.4 is 0 Å². The van der Waals surface area contributed by atoms with Crippen molar-refractivity contribution < 1.29 is 17.9 Å². The second-order valence-corrected chi connectivity index (χ2v) is 4.57. The van der Waals surface area contributed by atoms with E-state index in [1.165, 1.54) is 12.1 Å². The molecule has 0 amide bonds. The Labute approximate surface area is 86.4 Å². The van der Waals surface area contributed by atoms with Crippen molar-refractivity contribution in [3.63, 3.8) is 0 Å². The molecular formula is C8H9NO5S. The standard InChI is InChI=1S/C8H9NO5S/c1-6-2-3-7(5-15(12,13)14)8(4-6)9(10)11/h2-4H,5H2,1H3,(H,12,13,14). The third kappa shape index (κ3) is 3.30. The van der Waals surface area contributed by atoms with Gasteiger partial charge in [0, 0.05) is 11.6 Å². The van der Waals surface area contributed by atoms with Crippen molar-refractivity contribution in [3.8, 4) is 0 Å². The maximum Gasteiger partial charge on any atom is 0.273 e. The Kier molecular flexibility index (Phi) is 3.06. The number of benzene rings is 1. The van der Waals surface area contributed by atoms with Crippen LogP contribution in [0.3, 0.4) is 0 Å². The molecule has 0 aliphatic carbocycles. The van der Waals surface area contributed by atoms with E-state index < -0.39 is 20.8 Å². The molecule has 0 aliphatic rings. The van der Waals surface area contributed by atoms with E-state index in [9.17, 15) is 18.5 Å². The zero-order chi connectivity index (χ0) is 11.6. The van der Waals surface area contributed by atoms with Crippen molar-refractivity contribution in [1.82, 2.24) is 0 Å². The molecule has 0 spiro atoms. The summed E-state index contributed by atoms with van der Waals surface area (Å²) in [6.45, 7) is 1.66. The van der Waals surface area contributed by atoms with Crippen molar-refractivity contribution in [3.05, 3.63) is 39.4 Å².